The normalized spacial score (nSPS) is 10.9. The first-order chi connectivity index (χ1) is 8.56. The fraction of sp³-hybridized carbons (Fsp3) is 0.308. The van der Waals surface area contributed by atoms with Crippen LogP contribution in [0.15, 0.2) is 35.1 Å². The first-order valence-electron chi connectivity index (χ1n) is 5.79. The molecule has 0 fully saturated rings. The van der Waals surface area contributed by atoms with Gasteiger partial charge in [0, 0.05) is 23.4 Å². The molecule has 0 saturated heterocycles. The van der Waals surface area contributed by atoms with Crippen LogP contribution in [0.25, 0.3) is 0 Å². The highest BCUT2D eigenvalue weighted by Gasteiger charge is 2.07. The van der Waals surface area contributed by atoms with E-state index in [4.69, 9.17) is 11.6 Å². The maximum absolute atomic E-state index is 6.17. The Bertz CT molecular complexity index is 537. The molecular formula is C13H15BrClN3. The van der Waals surface area contributed by atoms with Crippen LogP contribution in [0, 0.1) is 5.92 Å². The largest absolute Gasteiger partial charge is 0.324 e. The molecule has 0 bridgehead atoms. The molecule has 0 saturated carbocycles. The van der Waals surface area contributed by atoms with Crippen molar-refractivity contribution in [2.24, 2.45) is 5.92 Å². The zero-order valence-electron chi connectivity index (χ0n) is 10.3. The number of halogens is 2. The molecule has 2 aromatic rings. The van der Waals surface area contributed by atoms with Gasteiger partial charge in [0.05, 0.1) is 10.7 Å². The second kappa shape index (κ2) is 5.76. The summed E-state index contributed by atoms with van der Waals surface area (Å²) in [4.78, 5) is 4.31. The fourth-order valence-electron chi connectivity index (χ4n) is 1.69. The number of hydrogen-bond acceptors (Lipinski definition) is 2. The minimum absolute atomic E-state index is 0.570. The Kier molecular flexibility index (Phi) is 4.30. The minimum atomic E-state index is 0.570. The van der Waals surface area contributed by atoms with Gasteiger partial charge in [-0.2, -0.15) is 0 Å². The maximum Gasteiger partial charge on any atom is 0.207 e. The van der Waals surface area contributed by atoms with E-state index in [0.717, 1.165) is 22.7 Å². The molecule has 18 heavy (non-hydrogen) atoms. The lowest BCUT2D eigenvalue weighted by Gasteiger charge is -2.12. The van der Waals surface area contributed by atoms with Crippen molar-refractivity contribution in [3.05, 3.63) is 40.1 Å². The van der Waals surface area contributed by atoms with E-state index in [1.165, 1.54) is 0 Å². The molecule has 0 aliphatic rings. The lowest BCUT2D eigenvalue weighted by atomic mass is 10.2. The molecule has 0 aliphatic carbocycles. The van der Waals surface area contributed by atoms with Crippen LogP contribution in [0.3, 0.4) is 0 Å². The molecule has 0 spiro atoms. The van der Waals surface area contributed by atoms with Crippen molar-refractivity contribution in [2.75, 3.05) is 5.32 Å². The molecule has 1 aromatic heterocycles. The van der Waals surface area contributed by atoms with Gasteiger partial charge in [-0.25, -0.2) is 4.98 Å². The first-order valence-corrected chi connectivity index (χ1v) is 6.96. The van der Waals surface area contributed by atoms with E-state index < -0.39 is 0 Å². The van der Waals surface area contributed by atoms with Crippen LogP contribution in [-0.2, 0) is 6.54 Å². The van der Waals surface area contributed by atoms with Gasteiger partial charge in [-0.3, -0.25) is 0 Å². The lowest BCUT2D eigenvalue weighted by molar-refractivity contribution is 0.527. The summed E-state index contributed by atoms with van der Waals surface area (Å²) in [6, 6.07) is 5.74. The van der Waals surface area contributed by atoms with Crippen molar-refractivity contribution in [1.82, 2.24) is 9.55 Å². The number of anilines is 2. The van der Waals surface area contributed by atoms with E-state index in [9.17, 15) is 0 Å². The number of nitrogens with one attached hydrogen (secondary N) is 1. The number of imidazole rings is 1. The number of rotatable bonds is 4. The molecule has 0 aliphatic heterocycles. The second-order valence-electron chi connectivity index (χ2n) is 4.55. The van der Waals surface area contributed by atoms with E-state index in [1.807, 2.05) is 24.4 Å². The fourth-order valence-corrected chi connectivity index (χ4v) is 2.41. The van der Waals surface area contributed by atoms with Crippen LogP contribution >= 0.6 is 27.5 Å². The average molecular weight is 329 g/mol. The van der Waals surface area contributed by atoms with Gasteiger partial charge in [0.1, 0.15) is 0 Å². The Morgan fingerprint density at radius 1 is 1.44 bits per heavy atom. The summed E-state index contributed by atoms with van der Waals surface area (Å²) in [6.45, 7) is 5.28. The van der Waals surface area contributed by atoms with Crippen LogP contribution in [0.5, 0.6) is 0 Å². The monoisotopic (exact) mass is 327 g/mol. The molecular weight excluding hydrogens is 314 g/mol. The van der Waals surface area contributed by atoms with Crippen LogP contribution < -0.4 is 5.32 Å². The number of hydrogen-bond donors (Lipinski definition) is 1. The van der Waals surface area contributed by atoms with Gasteiger partial charge in [-0.15, -0.1) is 0 Å². The van der Waals surface area contributed by atoms with Crippen molar-refractivity contribution in [1.29, 1.82) is 0 Å². The molecule has 0 atom stereocenters. The van der Waals surface area contributed by atoms with Gasteiger partial charge in [0.2, 0.25) is 5.95 Å². The lowest BCUT2D eigenvalue weighted by Crippen LogP contribution is -2.07. The molecule has 0 radical (unpaired) electrons. The quantitative estimate of drug-likeness (QED) is 0.881. The number of nitrogens with zero attached hydrogens (tertiary/aromatic N) is 2. The van der Waals surface area contributed by atoms with Crippen molar-refractivity contribution in [3.8, 4) is 0 Å². The number of benzene rings is 1. The summed E-state index contributed by atoms with van der Waals surface area (Å²) in [7, 11) is 0. The maximum atomic E-state index is 6.17. The van der Waals surface area contributed by atoms with Crippen LogP contribution in [0.2, 0.25) is 5.02 Å². The Balaban J connectivity index is 2.21. The van der Waals surface area contributed by atoms with Crippen LogP contribution in [0.1, 0.15) is 13.8 Å². The summed E-state index contributed by atoms with van der Waals surface area (Å²) in [5.41, 5.74) is 0.857. The molecule has 0 amide bonds. The van der Waals surface area contributed by atoms with Crippen LogP contribution in [0.4, 0.5) is 11.6 Å². The van der Waals surface area contributed by atoms with E-state index >= 15 is 0 Å². The van der Waals surface area contributed by atoms with Gasteiger partial charge >= 0.3 is 0 Å². The average Bonchev–Trinajstić information content (AvgIpc) is 2.69. The Labute approximate surface area is 120 Å². The molecule has 1 heterocycles. The van der Waals surface area contributed by atoms with E-state index in [0.29, 0.717) is 10.9 Å². The third kappa shape index (κ3) is 3.27. The predicted molar refractivity (Wildman–Crippen MR) is 79.5 cm³/mol. The highest BCUT2D eigenvalue weighted by Crippen LogP contribution is 2.28. The second-order valence-corrected chi connectivity index (χ2v) is 5.87. The highest BCUT2D eigenvalue weighted by molar-refractivity contribution is 9.10. The van der Waals surface area contributed by atoms with Crippen LogP contribution in [-0.4, -0.2) is 9.55 Å². The third-order valence-corrected chi connectivity index (χ3v) is 3.26. The zero-order chi connectivity index (χ0) is 13.1. The van der Waals surface area contributed by atoms with Gasteiger partial charge in [-0.1, -0.05) is 41.4 Å². The SMILES string of the molecule is CC(C)Cn1ccnc1Nc1ccc(Br)cc1Cl. The zero-order valence-corrected chi connectivity index (χ0v) is 12.7. The standard InChI is InChI=1S/C13H15BrClN3/c1-9(2)8-18-6-5-16-13(18)17-12-4-3-10(14)7-11(12)15/h3-7,9H,8H2,1-2H3,(H,16,17). The summed E-state index contributed by atoms with van der Waals surface area (Å²) >= 11 is 9.56. The summed E-state index contributed by atoms with van der Waals surface area (Å²) in [6.07, 6.45) is 3.76. The molecule has 3 nitrogen and oxygen atoms in total. The summed E-state index contributed by atoms with van der Waals surface area (Å²) in [5, 5.41) is 3.92. The van der Waals surface area contributed by atoms with Crippen molar-refractivity contribution in [2.45, 2.75) is 20.4 Å². The van der Waals surface area contributed by atoms with Gasteiger partial charge in [0.25, 0.3) is 0 Å². The van der Waals surface area contributed by atoms with Crippen molar-refractivity contribution in [3.63, 3.8) is 0 Å². The molecule has 5 heteroatoms. The number of aromatic nitrogens is 2. The van der Waals surface area contributed by atoms with Crippen molar-refractivity contribution < 1.29 is 0 Å². The first kappa shape index (κ1) is 13.4. The molecule has 96 valence electrons. The summed E-state index contributed by atoms with van der Waals surface area (Å²) < 4.78 is 3.05. The highest BCUT2D eigenvalue weighted by atomic mass is 79.9. The Morgan fingerprint density at radius 2 is 2.22 bits per heavy atom. The molecule has 1 aromatic carbocycles. The predicted octanol–water partition coefficient (Wildman–Crippen LogP) is 4.70. The Morgan fingerprint density at radius 3 is 2.89 bits per heavy atom. The molecule has 2 rings (SSSR count). The van der Waals surface area contributed by atoms with Gasteiger partial charge in [0.15, 0.2) is 0 Å². The third-order valence-electron chi connectivity index (χ3n) is 2.45. The molecule has 1 N–H and O–H groups in total. The van der Waals surface area contributed by atoms with E-state index in [-0.39, 0.29) is 0 Å². The van der Waals surface area contributed by atoms with E-state index in [1.54, 1.807) is 6.20 Å². The Hall–Kier alpha value is -1.000. The van der Waals surface area contributed by atoms with Gasteiger partial charge in [-0.05, 0) is 24.1 Å². The smallest absolute Gasteiger partial charge is 0.207 e. The minimum Gasteiger partial charge on any atom is -0.324 e. The van der Waals surface area contributed by atoms with E-state index in [2.05, 4.69) is 44.6 Å². The topological polar surface area (TPSA) is 29.9 Å². The summed E-state index contributed by atoms with van der Waals surface area (Å²) in [5.74, 6) is 1.38. The van der Waals surface area contributed by atoms with Crippen molar-refractivity contribution >= 4 is 39.2 Å². The molecule has 0 unspecified atom stereocenters. The van der Waals surface area contributed by atoms with Gasteiger partial charge < -0.3 is 9.88 Å².